The minimum atomic E-state index is 0. The Morgan fingerprint density at radius 3 is 2.77 bits per heavy atom. The van der Waals surface area contributed by atoms with Gasteiger partial charge in [-0.2, -0.15) is 0 Å². The number of guanidine groups is 1. The van der Waals surface area contributed by atoms with Gasteiger partial charge in [-0.1, -0.05) is 19.3 Å². The fraction of sp³-hybridized carbons (Fsp3) is 0.818. The summed E-state index contributed by atoms with van der Waals surface area (Å²) in [6, 6.07) is 0. The van der Waals surface area contributed by atoms with E-state index >= 15 is 0 Å². The van der Waals surface area contributed by atoms with Crippen molar-refractivity contribution in [3.8, 4) is 0 Å². The Morgan fingerprint density at radius 1 is 1.30 bits per heavy atom. The van der Waals surface area contributed by atoms with Gasteiger partial charge in [-0.15, -0.1) is 35.3 Å². The van der Waals surface area contributed by atoms with Crippen LogP contribution in [0.5, 0.6) is 0 Å². The van der Waals surface area contributed by atoms with Gasteiger partial charge in [-0.25, -0.2) is 4.98 Å². The monoisotopic (exact) mass is 552 g/mol. The molecule has 6 nitrogen and oxygen atoms in total. The Morgan fingerprint density at radius 2 is 2.07 bits per heavy atom. The lowest BCUT2D eigenvalue weighted by Crippen LogP contribution is -2.38. The van der Waals surface area contributed by atoms with E-state index in [9.17, 15) is 0 Å². The van der Waals surface area contributed by atoms with Gasteiger partial charge in [0.05, 0.1) is 18.3 Å². The van der Waals surface area contributed by atoms with Crippen LogP contribution in [0.2, 0.25) is 0 Å². The van der Waals surface area contributed by atoms with E-state index in [1.165, 1.54) is 38.5 Å². The van der Waals surface area contributed by atoms with E-state index in [1.54, 1.807) is 18.4 Å². The van der Waals surface area contributed by atoms with Crippen LogP contribution in [-0.4, -0.2) is 55.8 Å². The Hall–Kier alpha value is -0.450. The second kappa shape index (κ2) is 16.2. The van der Waals surface area contributed by atoms with E-state index in [-0.39, 0.29) is 30.1 Å². The second-order valence-electron chi connectivity index (χ2n) is 7.84. The standard InChI is InChI=1S/C22H40N4O2S.HI/c1-5-23-22(26(3)16-19-17-29-21(25-19)18(2)27-4)24-14-10-7-11-15-28-20-12-8-6-9-13-20;/h17-18,20H,5-16H2,1-4H3,(H,23,24);1H. The van der Waals surface area contributed by atoms with Crippen molar-refractivity contribution in [3.63, 3.8) is 0 Å². The van der Waals surface area contributed by atoms with Gasteiger partial charge in [0.2, 0.25) is 0 Å². The molecule has 2 rings (SSSR count). The summed E-state index contributed by atoms with van der Waals surface area (Å²) >= 11 is 1.65. The zero-order valence-electron chi connectivity index (χ0n) is 19.2. The van der Waals surface area contributed by atoms with Crippen molar-refractivity contribution in [2.75, 3.05) is 33.9 Å². The van der Waals surface area contributed by atoms with Crippen molar-refractivity contribution < 1.29 is 9.47 Å². The summed E-state index contributed by atoms with van der Waals surface area (Å²) in [5, 5.41) is 6.52. The molecule has 0 radical (unpaired) electrons. The molecule has 1 N–H and O–H groups in total. The molecule has 1 heterocycles. The zero-order valence-corrected chi connectivity index (χ0v) is 22.3. The molecule has 30 heavy (non-hydrogen) atoms. The molecule has 1 aliphatic rings. The van der Waals surface area contributed by atoms with Crippen LogP contribution in [0.3, 0.4) is 0 Å². The van der Waals surface area contributed by atoms with Crippen molar-refractivity contribution >= 4 is 41.3 Å². The predicted molar refractivity (Wildman–Crippen MR) is 137 cm³/mol. The van der Waals surface area contributed by atoms with Crippen LogP contribution in [0.25, 0.3) is 0 Å². The van der Waals surface area contributed by atoms with Gasteiger partial charge in [-0.3, -0.25) is 4.99 Å². The predicted octanol–water partition coefficient (Wildman–Crippen LogP) is 5.39. The minimum absolute atomic E-state index is 0. The Bertz CT molecular complexity index is 593. The fourth-order valence-electron chi connectivity index (χ4n) is 3.53. The first kappa shape index (κ1) is 27.6. The third-order valence-electron chi connectivity index (χ3n) is 5.34. The number of thiazole rings is 1. The normalized spacial score (nSPS) is 16.2. The highest BCUT2D eigenvalue weighted by atomic mass is 127. The third kappa shape index (κ3) is 10.2. The molecule has 0 amide bonds. The van der Waals surface area contributed by atoms with Crippen LogP contribution in [-0.2, 0) is 16.0 Å². The third-order valence-corrected chi connectivity index (χ3v) is 6.39. The first-order valence-electron chi connectivity index (χ1n) is 11.2. The minimum Gasteiger partial charge on any atom is -0.378 e. The number of hydrogen-bond donors (Lipinski definition) is 1. The molecular formula is C22H41IN4O2S. The summed E-state index contributed by atoms with van der Waals surface area (Å²) in [5.74, 6) is 0.945. The topological polar surface area (TPSA) is 59.0 Å². The number of ether oxygens (including phenoxy) is 2. The number of nitrogens with zero attached hydrogens (tertiary/aromatic N) is 3. The van der Waals surface area contributed by atoms with E-state index in [0.717, 1.165) is 55.7 Å². The van der Waals surface area contributed by atoms with Crippen molar-refractivity contribution in [3.05, 3.63) is 16.1 Å². The smallest absolute Gasteiger partial charge is 0.194 e. The lowest BCUT2D eigenvalue weighted by atomic mass is 9.98. The van der Waals surface area contributed by atoms with Crippen molar-refractivity contribution in [2.24, 2.45) is 4.99 Å². The van der Waals surface area contributed by atoms with Gasteiger partial charge >= 0.3 is 0 Å². The molecule has 1 aromatic heterocycles. The van der Waals surface area contributed by atoms with E-state index in [1.807, 2.05) is 6.92 Å². The van der Waals surface area contributed by atoms with Gasteiger partial charge in [0.25, 0.3) is 0 Å². The number of hydrogen-bond acceptors (Lipinski definition) is 5. The molecule has 0 saturated heterocycles. The number of rotatable bonds is 12. The quantitative estimate of drug-likeness (QED) is 0.163. The Labute approximate surface area is 204 Å². The van der Waals surface area contributed by atoms with E-state index in [0.29, 0.717) is 6.10 Å². The number of methoxy groups -OCH3 is 1. The van der Waals surface area contributed by atoms with Crippen LogP contribution in [0, 0.1) is 0 Å². The maximum Gasteiger partial charge on any atom is 0.194 e. The maximum atomic E-state index is 6.01. The summed E-state index contributed by atoms with van der Waals surface area (Å²) in [6.45, 7) is 7.49. The average molecular weight is 553 g/mol. The van der Waals surface area contributed by atoms with Crippen molar-refractivity contribution in [2.45, 2.75) is 84.0 Å². The molecule has 0 aromatic carbocycles. The first-order valence-corrected chi connectivity index (χ1v) is 12.1. The van der Waals surface area contributed by atoms with Crippen LogP contribution < -0.4 is 5.32 Å². The first-order chi connectivity index (χ1) is 14.1. The molecule has 174 valence electrons. The Balaban J connectivity index is 0.00000450. The van der Waals surface area contributed by atoms with Crippen molar-refractivity contribution in [1.29, 1.82) is 0 Å². The number of halogens is 1. The molecule has 1 saturated carbocycles. The molecule has 0 aliphatic heterocycles. The summed E-state index contributed by atoms with van der Waals surface area (Å²) in [4.78, 5) is 11.6. The molecular weight excluding hydrogens is 511 g/mol. The molecule has 1 atom stereocenters. The molecule has 0 spiro atoms. The van der Waals surface area contributed by atoms with Crippen LogP contribution >= 0.6 is 35.3 Å². The number of aliphatic imine (C=N–C) groups is 1. The highest BCUT2D eigenvalue weighted by molar-refractivity contribution is 14.0. The SMILES string of the molecule is CCNC(=NCCCCCOC1CCCCC1)N(C)Cc1csc(C(C)OC)n1.I. The fourth-order valence-corrected chi connectivity index (χ4v) is 4.37. The summed E-state index contributed by atoms with van der Waals surface area (Å²) in [6.07, 6.45) is 10.6. The van der Waals surface area contributed by atoms with Gasteiger partial charge in [-0.05, 0) is 46.0 Å². The lowest BCUT2D eigenvalue weighted by Gasteiger charge is -2.22. The van der Waals surface area contributed by atoms with E-state index in [2.05, 4.69) is 34.6 Å². The number of unbranched alkanes of at least 4 members (excludes halogenated alkanes) is 2. The second-order valence-corrected chi connectivity index (χ2v) is 8.73. The van der Waals surface area contributed by atoms with Crippen LogP contribution in [0.4, 0.5) is 0 Å². The molecule has 1 fully saturated rings. The summed E-state index contributed by atoms with van der Waals surface area (Å²) < 4.78 is 11.4. The number of aromatic nitrogens is 1. The average Bonchev–Trinajstić information content (AvgIpc) is 3.20. The molecule has 1 aromatic rings. The van der Waals surface area contributed by atoms with E-state index in [4.69, 9.17) is 14.5 Å². The van der Waals surface area contributed by atoms with Crippen LogP contribution in [0.15, 0.2) is 10.4 Å². The van der Waals surface area contributed by atoms with Crippen molar-refractivity contribution in [1.82, 2.24) is 15.2 Å². The van der Waals surface area contributed by atoms with Gasteiger partial charge in [0.1, 0.15) is 11.1 Å². The molecule has 0 bridgehead atoms. The van der Waals surface area contributed by atoms with Gasteiger partial charge in [0.15, 0.2) is 5.96 Å². The van der Waals surface area contributed by atoms with E-state index < -0.39 is 0 Å². The molecule has 1 unspecified atom stereocenters. The molecule has 1 aliphatic carbocycles. The van der Waals surface area contributed by atoms with Gasteiger partial charge in [0, 0.05) is 39.2 Å². The molecule has 8 heteroatoms. The zero-order chi connectivity index (χ0) is 20.9. The summed E-state index contributed by atoms with van der Waals surface area (Å²) in [7, 11) is 3.79. The van der Waals surface area contributed by atoms with Crippen LogP contribution in [0.1, 0.15) is 82.0 Å². The van der Waals surface area contributed by atoms with Gasteiger partial charge < -0.3 is 19.7 Å². The highest BCUT2D eigenvalue weighted by Gasteiger charge is 2.14. The largest absolute Gasteiger partial charge is 0.378 e. The lowest BCUT2D eigenvalue weighted by molar-refractivity contribution is 0.0264. The maximum absolute atomic E-state index is 6.01. The number of nitrogens with one attached hydrogen (secondary N) is 1. The Kier molecular flexibility index (Phi) is 14.9. The summed E-state index contributed by atoms with van der Waals surface area (Å²) in [5.41, 5.74) is 1.06. The highest BCUT2D eigenvalue weighted by Crippen LogP contribution is 2.21.